The van der Waals surface area contributed by atoms with Gasteiger partial charge in [-0.25, -0.2) is 13.9 Å². The van der Waals surface area contributed by atoms with Gasteiger partial charge in [-0.3, -0.25) is 14.3 Å². The number of hydrogen-bond acceptors (Lipinski definition) is 5. The third-order valence-electron chi connectivity index (χ3n) is 5.04. The monoisotopic (exact) mass is 464 g/mol. The van der Waals surface area contributed by atoms with E-state index in [1.807, 2.05) is 30.3 Å². The summed E-state index contributed by atoms with van der Waals surface area (Å²) in [4.78, 5) is 12.5. The summed E-state index contributed by atoms with van der Waals surface area (Å²) in [6.07, 6.45) is 0. The molecule has 3 rings (SSSR count). The fourth-order valence-corrected chi connectivity index (χ4v) is 4.68. The topological polar surface area (TPSA) is 95.9 Å². The van der Waals surface area contributed by atoms with Crippen LogP contribution in [-0.4, -0.2) is 33.2 Å². The zero-order valence-corrected chi connectivity index (χ0v) is 19.3. The standard InChI is InChI=1S/C25H24N2O5S/c1-4-5-15-32-21-11-13-22(14-12-21)33(30,31)27(3)24-18(2)16-20(17-23(24)25(28)26-29)19-9-7-6-8-10-19/h6-14,16-17,29H,15H2,1-3H3,(H,26,28). The number of carbonyl (C=O) groups excluding carboxylic acids is 1. The summed E-state index contributed by atoms with van der Waals surface area (Å²) in [5, 5.41) is 9.29. The molecule has 0 radical (unpaired) electrons. The van der Waals surface area contributed by atoms with Crippen LogP contribution in [0.4, 0.5) is 5.69 Å². The maximum absolute atomic E-state index is 13.3. The molecule has 3 aromatic rings. The lowest BCUT2D eigenvalue weighted by atomic mass is 9.98. The summed E-state index contributed by atoms with van der Waals surface area (Å²) in [6, 6.07) is 18.7. The van der Waals surface area contributed by atoms with Crippen molar-refractivity contribution in [3.8, 4) is 28.7 Å². The number of hydrogen-bond donors (Lipinski definition) is 2. The Morgan fingerprint density at radius 2 is 1.73 bits per heavy atom. The SMILES string of the molecule is CC#CCOc1ccc(S(=O)(=O)N(C)c2c(C)cc(-c3ccccc3)cc2C(=O)NO)cc1. The van der Waals surface area contributed by atoms with Gasteiger partial charge in [-0.2, -0.15) is 0 Å². The lowest BCUT2D eigenvalue weighted by Gasteiger charge is -2.24. The minimum Gasteiger partial charge on any atom is -0.481 e. The van der Waals surface area contributed by atoms with Gasteiger partial charge in [0.05, 0.1) is 16.1 Å². The number of nitrogens with one attached hydrogen (secondary N) is 1. The average molecular weight is 465 g/mol. The van der Waals surface area contributed by atoms with Crippen LogP contribution in [0.3, 0.4) is 0 Å². The third-order valence-corrected chi connectivity index (χ3v) is 6.81. The van der Waals surface area contributed by atoms with Gasteiger partial charge >= 0.3 is 0 Å². The fraction of sp³-hybridized carbons (Fsp3) is 0.160. The molecular formula is C25H24N2O5S. The van der Waals surface area contributed by atoms with E-state index in [0.29, 0.717) is 11.3 Å². The first-order valence-electron chi connectivity index (χ1n) is 10.1. The van der Waals surface area contributed by atoms with E-state index in [1.54, 1.807) is 43.6 Å². The third kappa shape index (κ3) is 5.17. The molecular weight excluding hydrogens is 440 g/mol. The Morgan fingerprint density at radius 1 is 1.06 bits per heavy atom. The molecule has 0 saturated carbocycles. The van der Waals surface area contributed by atoms with E-state index >= 15 is 0 Å². The molecule has 0 fully saturated rings. The minimum absolute atomic E-state index is 0.0283. The van der Waals surface area contributed by atoms with Gasteiger partial charge in [-0.05, 0) is 66.9 Å². The van der Waals surface area contributed by atoms with Gasteiger partial charge in [0.15, 0.2) is 0 Å². The van der Waals surface area contributed by atoms with Crippen LogP contribution < -0.4 is 14.5 Å². The van der Waals surface area contributed by atoms with Crippen molar-refractivity contribution in [1.82, 2.24) is 5.48 Å². The summed E-state index contributed by atoms with van der Waals surface area (Å²) in [7, 11) is -2.64. The Hall–Kier alpha value is -3.80. The zero-order chi connectivity index (χ0) is 24.0. The smallest absolute Gasteiger partial charge is 0.276 e. The first-order chi connectivity index (χ1) is 15.8. The van der Waals surface area contributed by atoms with Gasteiger partial charge in [0.25, 0.3) is 15.9 Å². The predicted molar refractivity (Wildman–Crippen MR) is 127 cm³/mol. The molecule has 7 nitrogen and oxygen atoms in total. The largest absolute Gasteiger partial charge is 0.481 e. The second-order valence-corrected chi connectivity index (χ2v) is 9.12. The first-order valence-corrected chi connectivity index (χ1v) is 11.5. The lowest BCUT2D eigenvalue weighted by Crippen LogP contribution is -2.31. The number of benzene rings is 3. The summed E-state index contributed by atoms with van der Waals surface area (Å²) in [5.41, 5.74) is 3.94. The van der Waals surface area contributed by atoms with Crippen LogP contribution in [0.5, 0.6) is 5.75 Å². The number of rotatable bonds is 7. The number of aryl methyl sites for hydroxylation is 1. The number of amides is 1. The van der Waals surface area contributed by atoms with E-state index in [2.05, 4.69) is 11.8 Å². The Morgan fingerprint density at radius 3 is 2.33 bits per heavy atom. The van der Waals surface area contributed by atoms with Crippen molar-refractivity contribution in [2.75, 3.05) is 18.0 Å². The quantitative estimate of drug-likeness (QED) is 0.313. The van der Waals surface area contributed by atoms with Gasteiger partial charge in [-0.15, -0.1) is 5.92 Å². The molecule has 0 atom stereocenters. The second kappa shape index (κ2) is 10.2. The number of ether oxygens (including phenoxy) is 1. The lowest BCUT2D eigenvalue weighted by molar-refractivity contribution is 0.0707. The van der Waals surface area contributed by atoms with Crippen LogP contribution in [0.1, 0.15) is 22.8 Å². The fourth-order valence-electron chi connectivity index (χ4n) is 3.41. The number of anilines is 1. The highest BCUT2D eigenvalue weighted by Crippen LogP contribution is 2.34. The molecule has 0 aliphatic heterocycles. The maximum Gasteiger partial charge on any atom is 0.276 e. The number of sulfonamides is 1. The van der Waals surface area contributed by atoms with Crippen LogP contribution in [-0.2, 0) is 10.0 Å². The molecule has 0 saturated heterocycles. The van der Waals surface area contributed by atoms with Crippen molar-refractivity contribution in [3.63, 3.8) is 0 Å². The average Bonchev–Trinajstić information content (AvgIpc) is 2.83. The highest BCUT2D eigenvalue weighted by molar-refractivity contribution is 7.92. The van der Waals surface area contributed by atoms with Crippen molar-refractivity contribution in [1.29, 1.82) is 0 Å². The normalized spacial score (nSPS) is 10.7. The Bertz CT molecular complexity index is 1310. The molecule has 3 aromatic carbocycles. The van der Waals surface area contributed by atoms with E-state index in [4.69, 9.17) is 4.74 Å². The van der Waals surface area contributed by atoms with Gasteiger partial charge in [0.2, 0.25) is 0 Å². The summed E-state index contributed by atoms with van der Waals surface area (Å²) >= 11 is 0. The van der Waals surface area contributed by atoms with Crippen molar-refractivity contribution < 1.29 is 23.2 Å². The van der Waals surface area contributed by atoms with E-state index in [9.17, 15) is 18.4 Å². The second-order valence-electron chi connectivity index (χ2n) is 7.16. The Kier molecular flexibility index (Phi) is 7.38. The van der Waals surface area contributed by atoms with Crippen LogP contribution in [0.2, 0.25) is 0 Å². The van der Waals surface area contributed by atoms with Gasteiger partial charge in [-0.1, -0.05) is 36.3 Å². The molecule has 8 heteroatoms. The predicted octanol–water partition coefficient (Wildman–Crippen LogP) is 4.01. The van der Waals surface area contributed by atoms with Crippen LogP contribution in [0.25, 0.3) is 11.1 Å². The van der Waals surface area contributed by atoms with Crippen molar-refractivity contribution in [3.05, 3.63) is 77.9 Å². The maximum atomic E-state index is 13.3. The molecule has 0 aromatic heterocycles. The number of nitrogens with zero attached hydrogens (tertiary/aromatic N) is 1. The van der Waals surface area contributed by atoms with Gasteiger partial charge in [0.1, 0.15) is 12.4 Å². The van der Waals surface area contributed by atoms with Crippen molar-refractivity contribution in [2.45, 2.75) is 18.7 Å². The van der Waals surface area contributed by atoms with Crippen LogP contribution in [0, 0.1) is 18.8 Å². The molecule has 33 heavy (non-hydrogen) atoms. The first kappa shape index (κ1) is 23.9. The Balaban J connectivity index is 2.03. The molecule has 0 spiro atoms. The Labute approximate surface area is 193 Å². The van der Waals surface area contributed by atoms with E-state index in [1.165, 1.54) is 19.2 Å². The highest BCUT2D eigenvalue weighted by Gasteiger charge is 2.27. The summed E-state index contributed by atoms with van der Waals surface area (Å²) < 4.78 is 33.2. The molecule has 0 aliphatic carbocycles. The molecule has 1 amide bonds. The molecule has 0 unspecified atom stereocenters. The molecule has 0 aliphatic rings. The zero-order valence-electron chi connectivity index (χ0n) is 18.5. The molecule has 170 valence electrons. The molecule has 0 heterocycles. The van der Waals surface area contributed by atoms with E-state index in [0.717, 1.165) is 15.4 Å². The van der Waals surface area contributed by atoms with Crippen LogP contribution >= 0.6 is 0 Å². The van der Waals surface area contributed by atoms with Gasteiger partial charge < -0.3 is 4.74 Å². The number of hydroxylamine groups is 1. The van der Waals surface area contributed by atoms with E-state index in [-0.39, 0.29) is 22.8 Å². The van der Waals surface area contributed by atoms with Crippen molar-refractivity contribution >= 4 is 21.6 Å². The molecule has 0 bridgehead atoms. The molecule has 2 N–H and O–H groups in total. The van der Waals surface area contributed by atoms with Gasteiger partial charge in [0, 0.05) is 7.05 Å². The minimum atomic E-state index is -4.01. The van der Waals surface area contributed by atoms with E-state index < -0.39 is 15.9 Å². The highest BCUT2D eigenvalue weighted by atomic mass is 32.2. The number of carbonyl (C=O) groups is 1. The summed E-state index contributed by atoms with van der Waals surface area (Å²) in [5.74, 6) is 5.16. The van der Waals surface area contributed by atoms with Crippen LogP contribution in [0.15, 0.2) is 71.6 Å². The summed E-state index contributed by atoms with van der Waals surface area (Å²) in [6.45, 7) is 3.62. The van der Waals surface area contributed by atoms with Crippen molar-refractivity contribution in [2.24, 2.45) is 0 Å².